The number of carbonyl (C=O) groups is 2. The molecule has 0 fully saturated rings. The number of amides is 2. The van der Waals surface area contributed by atoms with Gasteiger partial charge in [0.2, 0.25) is 0 Å². The largest absolute Gasteiger partial charge is 0.383 e. The Morgan fingerprint density at radius 2 is 1.96 bits per heavy atom. The molecule has 0 radical (unpaired) electrons. The van der Waals surface area contributed by atoms with Crippen LogP contribution in [0.2, 0.25) is 0 Å². The van der Waals surface area contributed by atoms with E-state index >= 15 is 0 Å². The van der Waals surface area contributed by atoms with Crippen LogP contribution >= 0.6 is 0 Å². The number of aryl methyl sites for hydroxylation is 1. The van der Waals surface area contributed by atoms with E-state index in [1.807, 2.05) is 25.1 Å². The van der Waals surface area contributed by atoms with Gasteiger partial charge in [-0.25, -0.2) is 13.1 Å². The molecule has 1 aromatic carbocycles. The van der Waals surface area contributed by atoms with Crippen LogP contribution in [0.3, 0.4) is 0 Å². The average molecular weight is 392 g/mol. The lowest BCUT2D eigenvalue weighted by atomic mass is 10.2. The van der Waals surface area contributed by atoms with Gasteiger partial charge in [-0.3, -0.25) is 9.59 Å². The van der Waals surface area contributed by atoms with E-state index in [2.05, 4.69) is 15.7 Å². The zero-order chi connectivity index (χ0) is 19.6. The van der Waals surface area contributed by atoms with Crippen molar-refractivity contribution in [2.45, 2.75) is 18.4 Å². The monoisotopic (exact) mass is 392 g/mol. The summed E-state index contributed by atoms with van der Waals surface area (Å²) in [5.41, 5.74) is 2.38. The Labute approximate surface area is 156 Å². The maximum Gasteiger partial charge on any atom is 0.314 e. The van der Waals surface area contributed by atoms with Gasteiger partial charge >= 0.3 is 11.8 Å². The lowest BCUT2D eigenvalue weighted by molar-refractivity contribution is -0.136. The van der Waals surface area contributed by atoms with Crippen LogP contribution in [0.1, 0.15) is 16.8 Å². The number of sulfone groups is 1. The highest BCUT2D eigenvalue weighted by Crippen LogP contribution is 2.33. The molecule has 2 N–H and O–H groups in total. The van der Waals surface area contributed by atoms with Gasteiger partial charge in [-0.1, -0.05) is 18.2 Å². The van der Waals surface area contributed by atoms with E-state index < -0.39 is 21.7 Å². The molecular weight excluding hydrogens is 372 g/mol. The number of benzene rings is 1. The molecule has 0 saturated heterocycles. The summed E-state index contributed by atoms with van der Waals surface area (Å²) in [5, 5.41) is 9.33. The Balaban J connectivity index is 1.95. The predicted octanol–water partition coefficient (Wildman–Crippen LogP) is 0.310. The maximum absolute atomic E-state index is 12.3. The summed E-state index contributed by atoms with van der Waals surface area (Å²) in [6.45, 7) is 2.34. The fourth-order valence-corrected chi connectivity index (χ4v) is 4.35. The average Bonchev–Trinajstić information content (AvgIpc) is 3.08. The van der Waals surface area contributed by atoms with Gasteiger partial charge in [-0.15, -0.1) is 0 Å². The van der Waals surface area contributed by atoms with Crippen molar-refractivity contribution in [1.82, 2.24) is 15.1 Å². The molecule has 0 unspecified atom stereocenters. The molecule has 27 heavy (non-hydrogen) atoms. The first kappa shape index (κ1) is 19.1. The van der Waals surface area contributed by atoms with Gasteiger partial charge in [0.1, 0.15) is 5.82 Å². The normalized spacial score (nSPS) is 14.6. The summed E-state index contributed by atoms with van der Waals surface area (Å²) >= 11 is 0. The fourth-order valence-electron chi connectivity index (χ4n) is 2.86. The Morgan fingerprint density at radius 3 is 2.67 bits per heavy atom. The van der Waals surface area contributed by atoms with Crippen LogP contribution in [0.25, 0.3) is 5.69 Å². The Hall–Kier alpha value is -2.72. The molecule has 144 valence electrons. The second-order valence-corrected chi connectivity index (χ2v) is 8.27. The van der Waals surface area contributed by atoms with E-state index in [0.29, 0.717) is 16.9 Å². The third kappa shape index (κ3) is 4.01. The molecule has 10 heteroatoms. The molecule has 9 nitrogen and oxygen atoms in total. The summed E-state index contributed by atoms with van der Waals surface area (Å²) in [6, 6.07) is 7.36. The van der Waals surface area contributed by atoms with E-state index in [1.165, 1.54) is 11.8 Å². The smallest absolute Gasteiger partial charge is 0.314 e. The quantitative estimate of drug-likeness (QED) is 0.558. The highest BCUT2D eigenvalue weighted by atomic mass is 32.2. The van der Waals surface area contributed by atoms with Gasteiger partial charge < -0.3 is 15.4 Å². The van der Waals surface area contributed by atoms with Gasteiger partial charge in [-0.2, -0.15) is 5.10 Å². The molecule has 0 saturated carbocycles. The van der Waals surface area contributed by atoms with Crippen LogP contribution in [-0.4, -0.2) is 50.3 Å². The van der Waals surface area contributed by atoms with Gasteiger partial charge in [0.05, 0.1) is 29.5 Å². The molecule has 1 aromatic heterocycles. The van der Waals surface area contributed by atoms with Crippen molar-refractivity contribution < 1.29 is 22.7 Å². The van der Waals surface area contributed by atoms with Crippen molar-refractivity contribution in [3.8, 4) is 5.69 Å². The van der Waals surface area contributed by atoms with Gasteiger partial charge in [-0.05, 0) is 18.6 Å². The first-order valence-electron chi connectivity index (χ1n) is 8.27. The van der Waals surface area contributed by atoms with Crippen molar-refractivity contribution in [2.24, 2.45) is 0 Å². The lowest BCUT2D eigenvalue weighted by Crippen LogP contribution is -2.37. The summed E-state index contributed by atoms with van der Waals surface area (Å²) in [5.74, 6) is -1.95. The van der Waals surface area contributed by atoms with Crippen LogP contribution in [0.5, 0.6) is 0 Å². The van der Waals surface area contributed by atoms with Crippen LogP contribution in [-0.2, 0) is 35.7 Å². The van der Waals surface area contributed by atoms with Crippen molar-refractivity contribution >= 4 is 27.5 Å². The number of anilines is 1. The van der Waals surface area contributed by atoms with E-state index in [-0.39, 0.29) is 30.5 Å². The number of hydrogen-bond donors (Lipinski definition) is 2. The molecule has 0 spiro atoms. The molecule has 0 aliphatic carbocycles. The molecule has 3 rings (SSSR count). The highest BCUT2D eigenvalue weighted by Gasteiger charge is 2.34. The number of methoxy groups -OCH3 is 1. The Kier molecular flexibility index (Phi) is 5.29. The third-order valence-corrected chi connectivity index (χ3v) is 5.60. The van der Waals surface area contributed by atoms with E-state index in [4.69, 9.17) is 4.74 Å². The number of para-hydroxylation sites is 1. The molecule has 0 bridgehead atoms. The SMILES string of the molecule is COCCNC(=O)C(=O)Nc1c2c(nn1-c1ccccc1C)CS(=O)(=O)C2. The Morgan fingerprint density at radius 1 is 1.22 bits per heavy atom. The van der Waals surface area contributed by atoms with Crippen LogP contribution in [0.4, 0.5) is 5.82 Å². The predicted molar refractivity (Wildman–Crippen MR) is 98.1 cm³/mol. The minimum absolute atomic E-state index is 0.187. The number of ether oxygens (including phenoxy) is 1. The summed E-state index contributed by atoms with van der Waals surface area (Å²) in [7, 11) is -1.83. The second kappa shape index (κ2) is 7.49. The van der Waals surface area contributed by atoms with Crippen LogP contribution in [0, 0.1) is 6.92 Å². The molecular formula is C17H20N4O5S. The molecule has 0 atom stereocenters. The van der Waals surface area contributed by atoms with Crippen molar-refractivity contribution in [1.29, 1.82) is 0 Å². The van der Waals surface area contributed by atoms with Gasteiger partial charge in [0, 0.05) is 19.2 Å². The van der Waals surface area contributed by atoms with Crippen molar-refractivity contribution in [3.63, 3.8) is 0 Å². The second-order valence-electron chi connectivity index (χ2n) is 6.21. The first-order chi connectivity index (χ1) is 12.8. The number of hydrogen-bond acceptors (Lipinski definition) is 6. The minimum atomic E-state index is -3.31. The maximum atomic E-state index is 12.3. The fraction of sp³-hybridized carbons (Fsp3) is 0.353. The Bertz CT molecular complexity index is 997. The number of nitrogens with zero attached hydrogens (tertiary/aromatic N) is 2. The zero-order valence-electron chi connectivity index (χ0n) is 15.0. The summed E-state index contributed by atoms with van der Waals surface area (Å²) in [6.07, 6.45) is 0. The van der Waals surface area contributed by atoms with E-state index in [1.54, 1.807) is 6.07 Å². The van der Waals surface area contributed by atoms with Gasteiger partial charge in [0.15, 0.2) is 9.84 Å². The van der Waals surface area contributed by atoms with Crippen molar-refractivity contribution in [3.05, 3.63) is 41.1 Å². The summed E-state index contributed by atoms with van der Waals surface area (Å²) < 4.78 is 30.2. The topological polar surface area (TPSA) is 119 Å². The first-order valence-corrected chi connectivity index (χ1v) is 10.1. The molecule has 1 aliphatic rings. The van der Waals surface area contributed by atoms with Crippen molar-refractivity contribution in [2.75, 3.05) is 25.6 Å². The third-order valence-electron chi connectivity index (χ3n) is 4.16. The van der Waals surface area contributed by atoms with E-state index in [9.17, 15) is 18.0 Å². The van der Waals surface area contributed by atoms with Crippen LogP contribution < -0.4 is 10.6 Å². The lowest BCUT2D eigenvalue weighted by Gasteiger charge is -2.12. The van der Waals surface area contributed by atoms with Crippen LogP contribution in [0.15, 0.2) is 24.3 Å². The number of nitrogens with one attached hydrogen (secondary N) is 2. The zero-order valence-corrected chi connectivity index (χ0v) is 15.8. The highest BCUT2D eigenvalue weighted by molar-refractivity contribution is 7.90. The van der Waals surface area contributed by atoms with E-state index in [0.717, 1.165) is 5.56 Å². The molecule has 2 aromatic rings. The molecule has 1 aliphatic heterocycles. The van der Waals surface area contributed by atoms with Gasteiger partial charge in [0.25, 0.3) is 0 Å². The number of rotatable bonds is 5. The summed E-state index contributed by atoms with van der Waals surface area (Å²) in [4.78, 5) is 24.2. The molecule has 2 heterocycles. The number of carbonyl (C=O) groups excluding carboxylic acids is 2. The number of fused-ring (bicyclic) bond motifs is 1. The number of aromatic nitrogens is 2. The molecule has 2 amide bonds. The minimum Gasteiger partial charge on any atom is -0.383 e. The standard InChI is InChI=1S/C17H20N4O5S/c1-11-5-3-4-6-14(11)21-15(12-9-27(24,25)10-13(12)20-21)19-17(23)16(22)18-7-8-26-2/h3-6H,7-10H2,1-2H3,(H,18,22)(H,19,23).